The van der Waals surface area contributed by atoms with Gasteiger partial charge in [-0.3, -0.25) is 0 Å². The number of halogens is 3. The number of hydrogen-bond acceptors (Lipinski definition) is 4. The standard InChI is InChI=1S/C9H5FN4.C7H3F2N/c10-8-3-1-2-7(6-11)9(8)14-5-4-12-13-14;8-6-3-1-2-5(4-10)7(6)9/h1-5H;1-3H. The lowest BCUT2D eigenvalue weighted by Gasteiger charge is -2.03. The van der Waals surface area contributed by atoms with Crippen molar-refractivity contribution in [2.24, 2.45) is 0 Å². The van der Waals surface area contributed by atoms with Crippen molar-refractivity contribution in [3.05, 3.63) is 77.4 Å². The highest BCUT2D eigenvalue weighted by Crippen LogP contribution is 2.16. The number of para-hydroxylation sites is 1. The lowest BCUT2D eigenvalue weighted by Crippen LogP contribution is -2.01. The summed E-state index contributed by atoms with van der Waals surface area (Å²) in [5, 5.41) is 24.1. The van der Waals surface area contributed by atoms with Gasteiger partial charge < -0.3 is 0 Å². The molecule has 0 spiro atoms. The van der Waals surface area contributed by atoms with Gasteiger partial charge in [0.15, 0.2) is 11.6 Å². The molecule has 2 aromatic carbocycles. The molecular formula is C16H8F3N5. The quantitative estimate of drug-likeness (QED) is 0.688. The van der Waals surface area contributed by atoms with Crippen LogP contribution < -0.4 is 0 Å². The lowest BCUT2D eigenvalue weighted by atomic mass is 10.2. The Kier molecular flexibility index (Phi) is 5.27. The van der Waals surface area contributed by atoms with E-state index >= 15 is 0 Å². The number of nitriles is 2. The molecule has 118 valence electrons. The van der Waals surface area contributed by atoms with Gasteiger partial charge in [-0.05, 0) is 24.3 Å². The van der Waals surface area contributed by atoms with Crippen molar-refractivity contribution >= 4 is 0 Å². The fourth-order valence-corrected chi connectivity index (χ4v) is 1.76. The van der Waals surface area contributed by atoms with Crippen LogP contribution in [0.1, 0.15) is 11.1 Å². The first kappa shape index (κ1) is 16.7. The molecule has 24 heavy (non-hydrogen) atoms. The van der Waals surface area contributed by atoms with Crippen LogP contribution in [0, 0.1) is 40.1 Å². The van der Waals surface area contributed by atoms with Gasteiger partial charge in [0.2, 0.25) is 0 Å². The summed E-state index contributed by atoms with van der Waals surface area (Å²) < 4.78 is 39.2. The molecule has 1 aromatic heterocycles. The lowest BCUT2D eigenvalue weighted by molar-refractivity contribution is 0.506. The SMILES string of the molecule is N#Cc1cccc(F)c1-n1ccnn1.N#Cc1cccc(F)c1F. The summed E-state index contributed by atoms with van der Waals surface area (Å²) >= 11 is 0. The number of benzene rings is 2. The fraction of sp³-hybridized carbons (Fsp3) is 0. The highest BCUT2D eigenvalue weighted by molar-refractivity contribution is 5.48. The van der Waals surface area contributed by atoms with E-state index in [1.165, 1.54) is 53.5 Å². The molecule has 0 aliphatic rings. The Balaban J connectivity index is 0.000000185. The summed E-state index contributed by atoms with van der Waals surface area (Å²) in [5.74, 6) is -2.56. The highest BCUT2D eigenvalue weighted by atomic mass is 19.2. The van der Waals surface area contributed by atoms with Crippen molar-refractivity contribution < 1.29 is 13.2 Å². The maximum absolute atomic E-state index is 13.4. The van der Waals surface area contributed by atoms with Crippen molar-refractivity contribution in [1.29, 1.82) is 10.5 Å². The minimum atomic E-state index is -1.08. The van der Waals surface area contributed by atoms with Crippen LogP contribution in [0.25, 0.3) is 5.69 Å². The van der Waals surface area contributed by atoms with Crippen molar-refractivity contribution in [1.82, 2.24) is 15.0 Å². The molecule has 3 aromatic rings. The van der Waals surface area contributed by atoms with Crippen molar-refractivity contribution in [3.63, 3.8) is 0 Å². The van der Waals surface area contributed by atoms with Gasteiger partial charge in [0.05, 0.1) is 23.5 Å². The first-order valence-corrected chi connectivity index (χ1v) is 6.48. The largest absolute Gasteiger partial charge is 0.216 e. The van der Waals surface area contributed by atoms with Crippen LogP contribution in [0.15, 0.2) is 48.8 Å². The van der Waals surface area contributed by atoms with E-state index in [9.17, 15) is 13.2 Å². The number of nitrogens with zero attached hydrogens (tertiary/aromatic N) is 5. The third kappa shape index (κ3) is 3.57. The zero-order valence-electron chi connectivity index (χ0n) is 12.0. The molecule has 0 unspecified atom stereocenters. The second-order valence-electron chi connectivity index (χ2n) is 4.31. The van der Waals surface area contributed by atoms with Gasteiger partial charge in [0, 0.05) is 0 Å². The summed E-state index contributed by atoms with van der Waals surface area (Å²) in [6, 6.07) is 11.2. The molecule has 0 radical (unpaired) electrons. The molecule has 0 saturated heterocycles. The van der Waals surface area contributed by atoms with E-state index in [0.29, 0.717) is 0 Å². The fourth-order valence-electron chi connectivity index (χ4n) is 1.76. The predicted molar refractivity (Wildman–Crippen MR) is 77.1 cm³/mol. The van der Waals surface area contributed by atoms with Gasteiger partial charge in [-0.2, -0.15) is 10.5 Å². The van der Waals surface area contributed by atoms with Gasteiger partial charge in [-0.25, -0.2) is 17.9 Å². The highest BCUT2D eigenvalue weighted by Gasteiger charge is 2.10. The first-order chi connectivity index (χ1) is 11.6. The number of rotatable bonds is 1. The van der Waals surface area contributed by atoms with E-state index in [1.54, 1.807) is 0 Å². The van der Waals surface area contributed by atoms with Gasteiger partial charge in [-0.15, -0.1) is 5.10 Å². The number of aromatic nitrogens is 3. The minimum absolute atomic E-state index is 0.132. The van der Waals surface area contributed by atoms with Crippen LogP contribution in [-0.4, -0.2) is 15.0 Å². The van der Waals surface area contributed by atoms with Gasteiger partial charge in [0.1, 0.15) is 23.6 Å². The molecule has 0 aliphatic heterocycles. The monoisotopic (exact) mass is 327 g/mol. The van der Waals surface area contributed by atoms with E-state index in [4.69, 9.17) is 10.5 Å². The van der Waals surface area contributed by atoms with E-state index < -0.39 is 17.5 Å². The Morgan fingerprint density at radius 3 is 2.04 bits per heavy atom. The van der Waals surface area contributed by atoms with Gasteiger partial charge in [-0.1, -0.05) is 17.3 Å². The number of hydrogen-bond donors (Lipinski definition) is 0. The average molecular weight is 327 g/mol. The smallest absolute Gasteiger partial charge is 0.176 e. The summed E-state index contributed by atoms with van der Waals surface area (Å²) in [6.07, 6.45) is 2.91. The van der Waals surface area contributed by atoms with Gasteiger partial charge in [0.25, 0.3) is 0 Å². The molecule has 5 nitrogen and oxygen atoms in total. The Labute approximate surface area is 134 Å². The second kappa shape index (κ2) is 7.56. The summed E-state index contributed by atoms with van der Waals surface area (Å²) in [5.41, 5.74) is 0.100. The Morgan fingerprint density at radius 1 is 0.875 bits per heavy atom. The van der Waals surface area contributed by atoms with E-state index in [2.05, 4.69) is 10.3 Å². The summed E-state index contributed by atoms with van der Waals surface area (Å²) in [4.78, 5) is 0. The van der Waals surface area contributed by atoms with Crippen LogP contribution >= 0.6 is 0 Å². The molecule has 0 atom stereocenters. The first-order valence-electron chi connectivity index (χ1n) is 6.48. The van der Waals surface area contributed by atoms with Crippen molar-refractivity contribution in [2.75, 3.05) is 0 Å². The zero-order chi connectivity index (χ0) is 17.5. The maximum Gasteiger partial charge on any atom is 0.176 e. The molecular weight excluding hydrogens is 319 g/mol. The minimum Gasteiger partial charge on any atom is -0.216 e. The molecule has 3 rings (SSSR count). The van der Waals surface area contributed by atoms with Crippen LogP contribution in [0.2, 0.25) is 0 Å². The van der Waals surface area contributed by atoms with Crippen molar-refractivity contribution in [3.8, 4) is 17.8 Å². The molecule has 0 bridgehead atoms. The summed E-state index contributed by atoms with van der Waals surface area (Å²) in [7, 11) is 0. The Hall–Kier alpha value is -3.65. The molecule has 0 amide bonds. The maximum atomic E-state index is 13.4. The molecule has 1 heterocycles. The van der Waals surface area contributed by atoms with Crippen LogP contribution in [0.5, 0.6) is 0 Å². The average Bonchev–Trinajstić information content (AvgIpc) is 3.11. The summed E-state index contributed by atoms with van der Waals surface area (Å²) in [6.45, 7) is 0. The molecule has 0 fully saturated rings. The van der Waals surface area contributed by atoms with E-state index in [-0.39, 0.29) is 16.8 Å². The zero-order valence-corrected chi connectivity index (χ0v) is 12.0. The van der Waals surface area contributed by atoms with Crippen LogP contribution in [-0.2, 0) is 0 Å². The molecule has 0 N–H and O–H groups in total. The molecule has 0 aliphatic carbocycles. The van der Waals surface area contributed by atoms with E-state index in [0.717, 1.165) is 6.07 Å². The Bertz CT molecular complexity index is 924. The topological polar surface area (TPSA) is 78.3 Å². The van der Waals surface area contributed by atoms with Crippen LogP contribution in [0.3, 0.4) is 0 Å². The van der Waals surface area contributed by atoms with Gasteiger partial charge >= 0.3 is 0 Å². The predicted octanol–water partition coefficient (Wildman–Crippen LogP) is 3.11. The van der Waals surface area contributed by atoms with Crippen LogP contribution in [0.4, 0.5) is 13.2 Å². The third-order valence-corrected chi connectivity index (χ3v) is 2.83. The second-order valence-corrected chi connectivity index (χ2v) is 4.31. The third-order valence-electron chi connectivity index (χ3n) is 2.83. The normalized spacial score (nSPS) is 9.38. The van der Waals surface area contributed by atoms with Crippen molar-refractivity contribution in [2.45, 2.75) is 0 Å². The molecule has 0 saturated carbocycles. The Morgan fingerprint density at radius 2 is 1.50 bits per heavy atom. The molecule has 8 heteroatoms. The van der Waals surface area contributed by atoms with E-state index in [1.807, 2.05) is 6.07 Å².